The van der Waals surface area contributed by atoms with Crippen molar-refractivity contribution in [3.05, 3.63) is 35.9 Å². The lowest BCUT2D eigenvalue weighted by Gasteiger charge is -2.24. The maximum absolute atomic E-state index is 12.6. The van der Waals surface area contributed by atoms with E-state index in [0.717, 1.165) is 30.6 Å². The number of methoxy groups -OCH3 is 1. The number of amides is 1. The predicted octanol–water partition coefficient (Wildman–Crippen LogP) is 3.93. The largest absolute Gasteiger partial charge is 0.494 e. The first-order chi connectivity index (χ1) is 12.5. The zero-order chi connectivity index (χ0) is 19.4. The van der Waals surface area contributed by atoms with Gasteiger partial charge in [0, 0.05) is 19.2 Å². The van der Waals surface area contributed by atoms with Crippen molar-refractivity contribution in [1.29, 1.82) is 0 Å². The van der Waals surface area contributed by atoms with E-state index in [2.05, 4.69) is 6.92 Å². The molecule has 0 N–H and O–H groups in total. The Morgan fingerprint density at radius 3 is 2.42 bits per heavy atom. The molecule has 0 saturated carbocycles. The average Bonchev–Trinajstić information content (AvgIpc) is 2.66. The van der Waals surface area contributed by atoms with Gasteiger partial charge in [-0.3, -0.25) is 9.59 Å². The molecule has 26 heavy (non-hydrogen) atoms. The molecule has 5 heteroatoms. The molecule has 0 aromatic heterocycles. The van der Waals surface area contributed by atoms with Crippen molar-refractivity contribution < 1.29 is 19.1 Å². The smallest absolute Gasteiger partial charge is 0.310 e. The molecule has 1 rings (SSSR count). The standard InChI is InChI=1S/C21H31NO4/c1-5-7-8-15-22(16-17(3)21(24)25-4)20(23)14-11-18-9-12-19(13-10-18)26-6-2/h9-14,17H,5-8,15-16H2,1-4H3/b14-11+. The van der Waals surface area contributed by atoms with E-state index in [4.69, 9.17) is 9.47 Å². The van der Waals surface area contributed by atoms with Crippen molar-refractivity contribution in [2.75, 3.05) is 26.8 Å². The van der Waals surface area contributed by atoms with Crippen LogP contribution in [0.25, 0.3) is 6.08 Å². The summed E-state index contributed by atoms with van der Waals surface area (Å²) in [7, 11) is 1.37. The van der Waals surface area contributed by atoms with Gasteiger partial charge in [0.15, 0.2) is 0 Å². The number of unbranched alkanes of at least 4 members (excludes halogenated alkanes) is 2. The van der Waals surface area contributed by atoms with Crippen molar-refractivity contribution in [3.63, 3.8) is 0 Å². The molecule has 0 spiro atoms. The minimum atomic E-state index is -0.343. The van der Waals surface area contributed by atoms with Gasteiger partial charge in [-0.2, -0.15) is 0 Å². The van der Waals surface area contributed by atoms with Crippen molar-refractivity contribution >= 4 is 18.0 Å². The predicted molar refractivity (Wildman–Crippen MR) is 104 cm³/mol. The van der Waals surface area contributed by atoms with Crippen LogP contribution in [-0.4, -0.2) is 43.6 Å². The van der Waals surface area contributed by atoms with Gasteiger partial charge in [-0.05, 0) is 37.1 Å². The fourth-order valence-corrected chi connectivity index (χ4v) is 2.57. The van der Waals surface area contributed by atoms with Crippen molar-refractivity contribution in [3.8, 4) is 5.75 Å². The van der Waals surface area contributed by atoms with E-state index < -0.39 is 0 Å². The molecule has 1 aromatic carbocycles. The second kappa shape index (κ2) is 12.1. The molecular formula is C21H31NO4. The third-order valence-electron chi connectivity index (χ3n) is 4.05. The lowest BCUT2D eigenvalue weighted by atomic mass is 10.1. The monoisotopic (exact) mass is 361 g/mol. The molecule has 144 valence electrons. The van der Waals surface area contributed by atoms with E-state index in [1.165, 1.54) is 7.11 Å². The maximum Gasteiger partial charge on any atom is 0.310 e. The highest BCUT2D eigenvalue weighted by atomic mass is 16.5. The number of hydrogen-bond acceptors (Lipinski definition) is 4. The number of carbonyl (C=O) groups is 2. The van der Waals surface area contributed by atoms with E-state index in [1.54, 1.807) is 24.0 Å². The molecule has 0 saturated heterocycles. The summed E-state index contributed by atoms with van der Waals surface area (Å²) < 4.78 is 10.2. The number of carbonyl (C=O) groups excluding carboxylic acids is 2. The van der Waals surface area contributed by atoms with E-state index in [1.807, 2.05) is 31.2 Å². The molecule has 1 aromatic rings. The topological polar surface area (TPSA) is 55.8 Å². The Morgan fingerprint density at radius 2 is 1.85 bits per heavy atom. The van der Waals surface area contributed by atoms with Gasteiger partial charge < -0.3 is 14.4 Å². The van der Waals surface area contributed by atoms with Gasteiger partial charge in [-0.1, -0.05) is 38.8 Å². The van der Waals surface area contributed by atoms with E-state index in [0.29, 0.717) is 19.7 Å². The summed E-state index contributed by atoms with van der Waals surface area (Å²) in [5.74, 6) is 0.0769. The lowest BCUT2D eigenvalue weighted by molar-refractivity contribution is -0.146. The Hall–Kier alpha value is -2.30. The molecule has 0 heterocycles. The number of ether oxygens (including phenoxy) is 2. The fraction of sp³-hybridized carbons (Fsp3) is 0.524. The molecular weight excluding hydrogens is 330 g/mol. The van der Waals surface area contributed by atoms with Crippen LogP contribution in [0.3, 0.4) is 0 Å². The molecule has 0 radical (unpaired) electrons. The van der Waals surface area contributed by atoms with Crippen LogP contribution in [0.4, 0.5) is 0 Å². The highest BCUT2D eigenvalue weighted by molar-refractivity contribution is 5.92. The van der Waals surface area contributed by atoms with Crippen molar-refractivity contribution in [2.24, 2.45) is 5.92 Å². The second-order valence-electron chi connectivity index (χ2n) is 6.25. The third-order valence-corrected chi connectivity index (χ3v) is 4.05. The minimum absolute atomic E-state index is 0.0919. The van der Waals surface area contributed by atoms with Crippen LogP contribution in [0, 0.1) is 5.92 Å². The summed E-state index contributed by atoms with van der Waals surface area (Å²) >= 11 is 0. The van der Waals surface area contributed by atoms with Crippen molar-refractivity contribution in [2.45, 2.75) is 40.0 Å². The molecule has 1 atom stereocenters. The summed E-state index contributed by atoms with van der Waals surface area (Å²) in [4.78, 5) is 26.0. The third kappa shape index (κ3) is 7.72. The summed E-state index contributed by atoms with van der Waals surface area (Å²) in [6, 6.07) is 7.58. The van der Waals surface area contributed by atoms with Crippen LogP contribution in [0.1, 0.15) is 45.6 Å². The van der Waals surface area contributed by atoms with Gasteiger partial charge >= 0.3 is 5.97 Å². The molecule has 1 unspecified atom stereocenters. The molecule has 0 aliphatic heterocycles. The second-order valence-corrected chi connectivity index (χ2v) is 6.25. The lowest BCUT2D eigenvalue weighted by Crippen LogP contribution is -2.37. The number of nitrogens with zero attached hydrogens (tertiary/aromatic N) is 1. The summed E-state index contributed by atoms with van der Waals surface area (Å²) in [6.07, 6.45) is 6.40. The maximum atomic E-state index is 12.6. The van der Waals surface area contributed by atoms with E-state index in [-0.39, 0.29) is 17.8 Å². The highest BCUT2D eigenvalue weighted by Gasteiger charge is 2.19. The molecule has 1 amide bonds. The number of esters is 1. The van der Waals surface area contributed by atoms with Crippen LogP contribution in [0.15, 0.2) is 30.3 Å². The first kappa shape index (κ1) is 21.7. The van der Waals surface area contributed by atoms with E-state index in [9.17, 15) is 9.59 Å². The van der Waals surface area contributed by atoms with Crippen LogP contribution in [-0.2, 0) is 14.3 Å². The Morgan fingerprint density at radius 1 is 1.15 bits per heavy atom. The SMILES string of the molecule is CCCCCN(CC(C)C(=O)OC)C(=O)/C=C/c1ccc(OCC)cc1. The Kier molecular flexibility index (Phi) is 10.1. The Labute approximate surface area is 157 Å². The molecule has 0 aliphatic carbocycles. The van der Waals surface area contributed by atoms with Gasteiger partial charge in [0.25, 0.3) is 0 Å². The first-order valence-corrected chi connectivity index (χ1v) is 9.29. The van der Waals surface area contributed by atoms with E-state index >= 15 is 0 Å². The van der Waals surface area contributed by atoms with Gasteiger partial charge in [-0.25, -0.2) is 0 Å². The fourth-order valence-electron chi connectivity index (χ4n) is 2.57. The average molecular weight is 361 g/mol. The number of benzene rings is 1. The Bertz CT molecular complexity index is 580. The molecule has 0 fully saturated rings. The van der Waals surface area contributed by atoms with Crippen LogP contribution < -0.4 is 4.74 Å². The quantitative estimate of drug-likeness (QED) is 0.340. The van der Waals surface area contributed by atoms with Gasteiger partial charge in [0.1, 0.15) is 5.75 Å². The molecule has 0 aliphatic rings. The van der Waals surface area contributed by atoms with Gasteiger partial charge in [-0.15, -0.1) is 0 Å². The zero-order valence-electron chi connectivity index (χ0n) is 16.4. The summed E-state index contributed by atoms with van der Waals surface area (Å²) in [6.45, 7) is 7.47. The number of rotatable bonds is 11. The summed E-state index contributed by atoms with van der Waals surface area (Å²) in [5, 5.41) is 0. The van der Waals surface area contributed by atoms with Crippen molar-refractivity contribution in [1.82, 2.24) is 4.90 Å². The van der Waals surface area contributed by atoms with Gasteiger partial charge in [0.05, 0.1) is 19.6 Å². The zero-order valence-corrected chi connectivity index (χ0v) is 16.4. The molecule has 0 bridgehead atoms. The normalized spacial score (nSPS) is 12.0. The minimum Gasteiger partial charge on any atom is -0.494 e. The Balaban J connectivity index is 2.74. The van der Waals surface area contributed by atoms with Crippen LogP contribution in [0.2, 0.25) is 0 Å². The van der Waals surface area contributed by atoms with Crippen LogP contribution >= 0.6 is 0 Å². The van der Waals surface area contributed by atoms with Gasteiger partial charge in [0.2, 0.25) is 5.91 Å². The summed E-state index contributed by atoms with van der Waals surface area (Å²) in [5.41, 5.74) is 0.927. The number of hydrogen-bond donors (Lipinski definition) is 0. The highest BCUT2D eigenvalue weighted by Crippen LogP contribution is 2.13. The first-order valence-electron chi connectivity index (χ1n) is 9.29. The molecule has 5 nitrogen and oxygen atoms in total. The van der Waals surface area contributed by atoms with Crippen LogP contribution in [0.5, 0.6) is 5.75 Å².